The highest BCUT2D eigenvalue weighted by molar-refractivity contribution is 7.99. The zero-order valence-electron chi connectivity index (χ0n) is 13.8. The Bertz CT molecular complexity index is 563. The van der Waals surface area contributed by atoms with Crippen LogP contribution in [0.1, 0.15) is 32.6 Å². The van der Waals surface area contributed by atoms with Crippen LogP contribution in [0, 0.1) is 0 Å². The van der Waals surface area contributed by atoms with Crippen molar-refractivity contribution in [2.75, 3.05) is 35.4 Å². The fourth-order valence-corrected chi connectivity index (χ4v) is 3.38. The molecule has 0 unspecified atom stereocenters. The molecule has 0 bridgehead atoms. The summed E-state index contributed by atoms with van der Waals surface area (Å²) in [5.74, 6) is 2.18. The van der Waals surface area contributed by atoms with Gasteiger partial charge in [-0.2, -0.15) is 11.8 Å². The van der Waals surface area contributed by atoms with Crippen LogP contribution in [0.3, 0.4) is 0 Å². The lowest BCUT2D eigenvalue weighted by atomic mass is 10.2. The molecule has 0 spiro atoms. The SMILES string of the molecule is CCCCSCC(=O)Nc1ccc(OC)c(N2CCCC2=O)c1. The van der Waals surface area contributed by atoms with Crippen LogP contribution in [-0.4, -0.2) is 37.0 Å². The van der Waals surface area contributed by atoms with Crippen molar-refractivity contribution in [2.24, 2.45) is 0 Å². The van der Waals surface area contributed by atoms with E-state index in [0.717, 1.165) is 30.7 Å². The molecule has 0 saturated carbocycles. The molecular formula is C17H24N2O3S. The van der Waals surface area contributed by atoms with Crippen molar-refractivity contribution in [1.29, 1.82) is 0 Å². The van der Waals surface area contributed by atoms with Crippen LogP contribution in [0.4, 0.5) is 11.4 Å². The monoisotopic (exact) mass is 336 g/mol. The van der Waals surface area contributed by atoms with Gasteiger partial charge in [0.1, 0.15) is 5.75 Å². The van der Waals surface area contributed by atoms with Crippen LogP contribution in [0.25, 0.3) is 0 Å². The van der Waals surface area contributed by atoms with E-state index in [1.54, 1.807) is 35.9 Å². The lowest BCUT2D eigenvalue weighted by molar-refractivity contribution is -0.117. The van der Waals surface area contributed by atoms with Gasteiger partial charge < -0.3 is 15.0 Å². The van der Waals surface area contributed by atoms with Gasteiger partial charge in [-0.15, -0.1) is 0 Å². The molecule has 2 amide bonds. The number of carbonyl (C=O) groups excluding carboxylic acids is 2. The van der Waals surface area contributed by atoms with E-state index in [0.29, 0.717) is 30.2 Å². The summed E-state index contributed by atoms with van der Waals surface area (Å²) >= 11 is 1.64. The second-order valence-electron chi connectivity index (χ2n) is 5.49. The number of hydrogen-bond acceptors (Lipinski definition) is 4. The average molecular weight is 336 g/mol. The Morgan fingerprint density at radius 1 is 1.43 bits per heavy atom. The van der Waals surface area contributed by atoms with Crippen LogP contribution >= 0.6 is 11.8 Å². The minimum absolute atomic E-state index is 0.0185. The van der Waals surface area contributed by atoms with Gasteiger partial charge in [0.2, 0.25) is 11.8 Å². The van der Waals surface area contributed by atoms with E-state index < -0.39 is 0 Å². The molecule has 0 aliphatic carbocycles. The van der Waals surface area contributed by atoms with E-state index in [1.165, 1.54) is 0 Å². The molecule has 1 aromatic carbocycles. The minimum Gasteiger partial charge on any atom is -0.495 e. The summed E-state index contributed by atoms with van der Waals surface area (Å²) in [7, 11) is 1.59. The van der Waals surface area contributed by atoms with Crippen molar-refractivity contribution < 1.29 is 14.3 Å². The first-order valence-electron chi connectivity index (χ1n) is 8.01. The molecule has 6 heteroatoms. The highest BCUT2D eigenvalue weighted by atomic mass is 32.2. The van der Waals surface area contributed by atoms with Crippen LogP contribution in [0.2, 0.25) is 0 Å². The molecule has 1 aliphatic heterocycles. The van der Waals surface area contributed by atoms with Gasteiger partial charge in [0.05, 0.1) is 18.6 Å². The summed E-state index contributed by atoms with van der Waals surface area (Å²) in [6.07, 6.45) is 3.68. The molecule has 23 heavy (non-hydrogen) atoms. The Kier molecular flexibility index (Phi) is 6.77. The third-order valence-corrected chi connectivity index (χ3v) is 4.75. The fraction of sp³-hybridized carbons (Fsp3) is 0.529. The Morgan fingerprint density at radius 3 is 2.91 bits per heavy atom. The van der Waals surface area contributed by atoms with Crippen molar-refractivity contribution in [3.8, 4) is 5.75 Å². The molecule has 5 nitrogen and oxygen atoms in total. The van der Waals surface area contributed by atoms with Crippen molar-refractivity contribution in [1.82, 2.24) is 0 Å². The van der Waals surface area contributed by atoms with Crippen LogP contribution in [0.5, 0.6) is 5.75 Å². The standard InChI is InChI=1S/C17H24N2O3S/c1-3-4-10-23-12-16(20)18-13-7-8-15(22-2)14(11-13)19-9-5-6-17(19)21/h7-8,11H,3-6,9-10,12H2,1-2H3,(H,18,20). The predicted molar refractivity (Wildman–Crippen MR) is 95.4 cm³/mol. The maximum atomic E-state index is 12.0. The molecule has 1 fully saturated rings. The topological polar surface area (TPSA) is 58.6 Å². The van der Waals surface area contributed by atoms with Gasteiger partial charge in [-0.05, 0) is 36.8 Å². The van der Waals surface area contributed by atoms with E-state index in [9.17, 15) is 9.59 Å². The number of nitrogens with one attached hydrogen (secondary N) is 1. The third kappa shape index (κ3) is 4.89. The largest absolute Gasteiger partial charge is 0.495 e. The van der Waals surface area contributed by atoms with E-state index in [4.69, 9.17) is 4.74 Å². The predicted octanol–water partition coefficient (Wildman–Crippen LogP) is 3.29. The van der Waals surface area contributed by atoms with Crippen molar-refractivity contribution in [2.45, 2.75) is 32.6 Å². The Morgan fingerprint density at radius 2 is 2.26 bits per heavy atom. The molecule has 126 valence electrons. The number of hydrogen-bond donors (Lipinski definition) is 1. The van der Waals surface area contributed by atoms with Gasteiger partial charge >= 0.3 is 0 Å². The maximum Gasteiger partial charge on any atom is 0.234 e. The van der Waals surface area contributed by atoms with Crippen LogP contribution in [0.15, 0.2) is 18.2 Å². The normalized spacial score (nSPS) is 14.2. The van der Waals surface area contributed by atoms with Crippen LogP contribution in [-0.2, 0) is 9.59 Å². The lowest BCUT2D eigenvalue weighted by Gasteiger charge is -2.20. The number of methoxy groups -OCH3 is 1. The maximum absolute atomic E-state index is 12.0. The lowest BCUT2D eigenvalue weighted by Crippen LogP contribution is -2.24. The fourth-order valence-electron chi connectivity index (χ4n) is 2.49. The summed E-state index contributed by atoms with van der Waals surface area (Å²) < 4.78 is 5.35. The highest BCUT2D eigenvalue weighted by Crippen LogP contribution is 2.34. The van der Waals surface area contributed by atoms with Gasteiger partial charge in [-0.1, -0.05) is 13.3 Å². The summed E-state index contributed by atoms with van der Waals surface area (Å²) in [6, 6.07) is 5.41. The molecule has 2 rings (SSSR count). The number of thioether (sulfide) groups is 1. The Balaban J connectivity index is 2.02. The molecule has 0 atom stereocenters. The summed E-state index contributed by atoms with van der Waals surface area (Å²) in [4.78, 5) is 25.7. The van der Waals surface area contributed by atoms with Gasteiger partial charge in [0.25, 0.3) is 0 Å². The molecular weight excluding hydrogens is 312 g/mol. The number of benzene rings is 1. The van der Waals surface area contributed by atoms with E-state index in [2.05, 4.69) is 12.2 Å². The molecule has 1 saturated heterocycles. The number of nitrogens with zero attached hydrogens (tertiary/aromatic N) is 1. The van der Waals surface area contributed by atoms with Crippen LogP contribution < -0.4 is 15.0 Å². The number of amides is 2. The van der Waals surface area contributed by atoms with Gasteiger partial charge in [0.15, 0.2) is 0 Å². The molecule has 1 heterocycles. The van der Waals surface area contributed by atoms with Gasteiger partial charge in [0, 0.05) is 18.7 Å². The van der Waals surface area contributed by atoms with E-state index >= 15 is 0 Å². The number of carbonyl (C=O) groups is 2. The minimum atomic E-state index is -0.0185. The van der Waals surface area contributed by atoms with Gasteiger partial charge in [-0.25, -0.2) is 0 Å². The summed E-state index contributed by atoms with van der Waals surface area (Å²) in [5, 5.41) is 2.90. The quantitative estimate of drug-likeness (QED) is 0.740. The Hall–Kier alpha value is -1.69. The van der Waals surface area contributed by atoms with E-state index in [-0.39, 0.29) is 11.8 Å². The number of anilines is 2. The van der Waals surface area contributed by atoms with Gasteiger partial charge in [-0.3, -0.25) is 9.59 Å². The average Bonchev–Trinajstić information content (AvgIpc) is 2.97. The molecule has 1 N–H and O–H groups in total. The molecule has 1 aliphatic rings. The zero-order chi connectivity index (χ0) is 16.7. The first-order chi connectivity index (χ1) is 11.2. The zero-order valence-corrected chi connectivity index (χ0v) is 14.6. The third-order valence-electron chi connectivity index (χ3n) is 3.70. The second-order valence-corrected chi connectivity index (χ2v) is 6.60. The summed E-state index contributed by atoms with van der Waals surface area (Å²) in [5.41, 5.74) is 1.42. The smallest absolute Gasteiger partial charge is 0.234 e. The first kappa shape index (κ1) is 17.7. The number of ether oxygens (including phenoxy) is 1. The Labute approximate surface area is 141 Å². The van der Waals surface area contributed by atoms with Crippen molar-refractivity contribution >= 4 is 35.0 Å². The molecule has 1 aromatic rings. The number of unbranched alkanes of at least 4 members (excludes halogenated alkanes) is 1. The first-order valence-corrected chi connectivity index (χ1v) is 9.17. The second kappa shape index (κ2) is 8.82. The molecule has 0 radical (unpaired) electrons. The highest BCUT2D eigenvalue weighted by Gasteiger charge is 2.24. The summed E-state index contributed by atoms with van der Waals surface area (Å²) in [6.45, 7) is 2.83. The molecule has 0 aromatic heterocycles. The van der Waals surface area contributed by atoms with Crippen molar-refractivity contribution in [3.63, 3.8) is 0 Å². The number of rotatable bonds is 8. The van der Waals surface area contributed by atoms with Crippen molar-refractivity contribution in [3.05, 3.63) is 18.2 Å². The van der Waals surface area contributed by atoms with E-state index in [1.807, 2.05) is 6.07 Å².